The minimum atomic E-state index is 0.326. The van der Waals surface area contributed by atoms with Gasteiger partial charge in [-0.15, -0.1) is 0 Å². The summed E-state index contributed by atoms with van der Waals surface area (Å²) in [6.45, 7) is 7.66. The van der Waals surface area contributed by atoms with Crippen LogP contribution in [0, 0.1) is 0 Å². The molecule has 1 aromatic heterocycles. The molecule has 0 saturated heterocycles. The second-order valence-corrected chi connectivity index (χ2v) is 4.99. The van der Waals surface area contributed by atoms with Crippen LogP contribution in [-0.4, -0.2) is 16.7 Å². The molecule has 0 spiro atoms. The average Bonchev–Trinajstić information content (AvgIpc) is 2.99. The lowest BCUT2D eigenvalue weighted by atomic mass is 10.1. The normalized spacial score (nSPS) is 12.3. The molecule has 0 aliphatic carbocycles. The highest BCUT2D eigenvalue weighted by Gasteiger charge is 2.06. The minimum Gasteiger partial charge on any atom is -0.485 e. The third-order valence-corrected chi connectivity index (χ3v) is 3.26. The molecular weight excluding hydrogens is 266 g/mol. The summed E-state index contributed by atoms with van der Waals surface area (Å²) in [7, 11) is 0. The van der Waals surface area contributed by atoms with Crippen LogP contribution in [0.3, 0.4) is 0 Å². The first-order chi connectivity index (χ1) is 10.2. The van der Waals surface area contributed by atoms with Crippen molar-refractivity contribution in [3.63, 3.8) is 0 Å². The number of hydrogen-bond acceptors (Lipinski definition) is 5. The Morgan fingerprint density at radius 2 is 2.00 bits per heavy atom. The van der Waals surface area contributed by atoms with E-state index >= 15 is 0 Å². The zero-order chi connectivity index (χ0) is 15.1. The smallest absolute Gasteiger partial charge is 0.226 e. The van der Waals surface area contributed by atoms with Gasteiger partial charge in [0.05, 0.1) is 0 Å². The van der Waals surface area contributed by atoms with Crippen molar-refractivity contribution >= 4 is 0 Å². The lowest BCUT2D eigenvalue weighted by molar-refractivity contribution is 0.285. The number of ether oxygens (including phenoxy) is 1. The Kier molecular flexibility index (Phi) is 5.75. The van der Waals surface area contributed by atoms with Crippen LogP contribution in [-0.2, 0) is 13.0 Å². The summed E-state index contributed by atoms with van der Waals surface area (Å²) in [6, 6.07) is 8.45. The van der Waals surface area contributed by atoms with Gasteiger partial charge in [0.2, 0.25) is 11.7 Å². The molecule has 0 bridgehead atoms. The molecule has 1 N–H and O–H groups in total. The molecule has 0 amide bonds. The lowest BCUT2D eigenvalue weighted by Gasteiger charge is -2.14. The van der Waals surface area contributed by atoms with Crippen molar-refractivity contribution in [1.82, 2.24) is 15.5 Å². The van der Waals surface area contributed by atoms with Crippen molar-refractivity contribution < 1.29 is 9.26 Å². The molecule has 0 saturated carbocycles. The van der Waals surface area contributed by atoms with Crippen molar-refractivity contribution in [2.45, 2.75) is 46.3 Å². The van der Waals surface area contributed by atoms with E-state index in [0.29, 0.717) is 24.4 Å². The fraction of sp³-hybridized carbons (Fsp3) is 0.500. The minimum absolute atomic E-state index is 0.326. The van der Waals surface area contributed by atoms with Crippen LogP contribution in [0.2, 0.25) is 0 Å². The predicted molar refractivity (Wildman–Crippen MR) is 81.2 cm³/mol. The summed E-state index contributed by atoms with van der Waals surface area (Å²) in [5, 5.41) is 7.32. The molecule has 0 aliphatic heterocycles. The predicted octanol–water partition coefficient (Wildman–Crippen LogP) is 3.27. The van der Waals surface area contributed by atoms with E-state index in [-0.39, 0.29) is 0 Å². The van der Waals surface area contributed by atoms with Gasteiger partial charge in [-0.1, -0.05) is 31.1 Å². The summed E-state index contributed by atoms with van der Waals surface area (Å²) >= 11 is 0. The maximum atomic E-state index is 5.66. The Bertz CT molecular complexity index is 537. The molecule has 5 heteroatoms. The standard InChI is InChI=1S/C16H23N3O2/c1-4-10-17-12(3)13-6-8-14(9-7-13)20-11-15-18-16(5-2)21-19-15/h6-9,12,17H,4-5,10-11H2,1-3H3. The third-order valence-electron chi connectivity index (χ3n) is 3.26. The molecular formula is C16H23N3O2. The summed E-state index contributed by atoms with van der Waals surface area (Å²) in [5.41, 5.74) is 1.25. The molecule has 114 valence electrons. The number of aryl methyl sites for hydroxylation is 1. The molecule has 2 rings (SSSR count). The highest BCUT2D eigenvalue weighted by atomic mass is 16.5. The van der Waals surface area contributed by atoms with Gasteiger partial charge in [-0.05, 0) is 37.6 Å². The second kappa shape index (κ2) is 7.78. The highest BCUT2D eigenvalue weighted by molar-refractivity contribution is 5.29. The monoisotopic (exact) mass is 289 g/mol. The van der Waals surface area contributed by atoms with Crippen molar-refractivity contribution in [2.75, 3.05) is 6.54 Å². The molecule has 5 nitrogen and oxygen atoms in total. The van der Waals surface area contributed by atoms with Crippen molar-refractivity contribution in [3.8, 4) is 5.75 Å². The molecule has 1 atom stereocenters. The Hall–Kier alpha value is -1.88. The van der Waals surface area contributed by atoms with Crippen LogP contribution >= 0.6 is 0 Å². The number of nitrogens with zero attached hydrogens (tertiary/aromatic N) is 2. The Labute approximate surface area is 125 Å². The quantitative estimate of drug-likeness (QED) is 0.808. The topological polar surface area (TPSA) is 60.2 Å². The summed E-state index contributed by atoms with van der Waals surface area (Å²) in [6.07, 6.45) is 1.88. The van der Waals surface area contributed by atoms with Gasteiger partial charge in [-0.2, -0.15) is 4.98 Å². The number of benzene rings is 1. The molecule has 0 aliphatic rings. The highest BCUT2D eigenvalue weighted by Crippen LogP contribution is 2.18. The number of aromatic nitrogens is 2. The van der Waals surface area contributed by atoms with E-state index in [2.05, 4.69) is 41.4 Å². The molecule has 1 unspecified atom stereocenters. The molecule has 2 aromatic rings. The maximum Gasteiger partial charge on any atom is 0.226 e. The van der Waals surface area contributed by atoms with Crippen molar-refractivity contribution in [1.29, 1.82) is 0 Å². The first kappa shape index (κ1) is 15.5. The van der Waals surface area contributed by atoms with E-state index in [9.17, 15) is 0 Å². The van der Waals surface area contributed by atoms with Crippen LogP contribution in [0.1, 0.15) is 50.5 Å². The number of hydrogen-bond donors (Lipinski definition) is 1. The zero-order valence-electron chi connectivity index (χ0n) is 12.9. The summed E-state index contributed by atoms with van der Waals surface area (Å²) < 4.78 is 10.7. The van der Waals surface area contributed by atoms with E-state index in [4.69, 9.17) is 9.26 Å². The van der Waals surface area contributed by atoms with Crippen LogP contribution in [0.4, 0.5) is 0 Å². The molecule has 1 aromatic carbocycles. The Balaban J connectivity index is 1.87. The molecule has 21 heavy (non-hydrogen) atoms. The van der Waals surface area contributed by atoms with Crippen molar-refractivity contribution in [2.24, 2.45) is 0 Å². The van der Waals surface area contributed by atoms with Gasteiger partial charge in [0.1, 0.15) is 5.75 Å². The lowest BCUT2D eigenvalue weighted by Crippen LogP contribution is -2.19. The fourth-order valence-corrected chi connectivity index (χ4v) is 1.97. The SMILES string of the molecule is CCCNC(C)c1ccc(OCc2noc(CC)n2)cc1. The number of rotatable bonds is 8. The number of nitrogens with one attached hydrogen (secondary N) is 1. The molecule has 0 fully saturated rings. The van der Waals surface area contributed by atoms with Crippen molar-refractivity contribution in [3.05, 3.63) is 41.5 Å². The van der Waals surface area contributed by atoms with Gasteiger partial charge >= 0.3 is 0 Å². The largest absolute Gasteiger partial charge is 0.485 e. The average molecular weight is 289 g/mol. The first-order valence-corrected chi connectivity index (χ1v) is 7.50. The van der Waals surface area contributed by atoms with E-state index in [0.717, 1.165) is 25.1 Å². The van der Waals surface area contributed by atoms with Gasteiger partial charge in [-0.3, -0.25) is 0 Å². The van der Waals surface area contributed by atoms with Crippen LogP contribution in [0.5, 0.6) is 5.75 Å². The zero-order valence-corrected chi connectivity index (χ0v) is 12.9. The van der Waals surface area contributed by atoms with Gasteiger partial charge in [0.25, 0.3) is 0 Å². The maximum absolute atomic E-state index is 5.66. The van der Waals surface area contributed by atoms with Crippen LogP contribution in [0.15, 0.2) is 28.8 Å². The van der Waals surface area contributed by atoms with Crippen LogP contribution < -0.4 is 10.1 Å². The van der Waals surface area contributed by atoms with Gasteiger partial charge in [-0.25, -0.2) is 0 Å². The van der Waals surface area contributed by atoms with E-state index < -0.39 is 0 Å². The fourth-order valence-electron chi connectivity index (χ4n) is 1.97. The Morgan fingerprint density at radius 3 is 2.62 bits per heavy atom. The second-order valence-electron chi connectivity index (χ2n) is 4.99. The molecule has 1 heterocycles. The van der Waals surface area contributed by atoms with E-state index in [1.165, 1.54) is 5.56 Å². The third kappa shape index (κ3) is 4.56. The van der Waals surface area contributed by atoms with Gasteiger partial charge in [0.15, 0.2) is 6.61 Å². The first-order valence-electron chi connectivity index (χ1n) is 7.50. The van der Waals surface area contributed by atoms with E-state index in [1.807, 2.05) is 19.1 Å². The molecule has 0 radical (unpaired) electrons. The van der Waals surface area contributed by atoms with Gasteiger partial charge in [0, 0.05) is 12.5 Å². The Morgan fingerprint density at radius 1 is 1.24 bits per heavy atom. The summed E-state index contributed by atoms with van der Waals surface area (Å²) in [5.74, 6) is 2.03. The van der Waals surface area contributed by atoms with Crippen LogP contribution in [0.25, 0.3) is 0 Å². The summed E-state index contributed by atoms with van der Waals surface area (Å²) in [4.78, 5) is 4.21. The van der Waals surface area contributed by atoms with E-state index in [1.54, 1.807) is 0 Å². The van der Waals surface area contributed by atoms with Gasteiger partial charge < -0.3 is 14.6 Å².